The Morgan fingerprint density at radius 1 is 1.20 bits per heavy atom. The first-order valence-electron chi connectivity index (χ1n) is 5.48. The summed E-state index contributed by atoms with van der Waals surface area (Å²) in [5, 5.41) is 11.4. The van der Waals surface area contributed by atoms with Crippen molar-refractivity contribution in [3.05, 3.63) is 67.9 Å². The maximum absolute atomic E-state index is 13.4. The van der Waals surface area contributed by atoms with E-state index in [1.165, 1.54) is 6.07 Å². The molecule has 2 rings (SSSR count). The Hall–Kier alpha value is -1.85. The Bertz CT molecular complexity index is 664. The molecule has 2 aromatic carbocycles. The third-order valence-corrected chi connectivity index (χ3v) is 3.11. The summed E-state index contributed by atoms with van der Waals surface area (Å²) in [7, 11) is 0. The monoisotopic (exact) mass is 315 g/mol. The summed E-state index contributed by atoms with van der Waals surface area (Å²) in [6.07, 6.45) is 0. The molecule has 7 heteroatoms. The standard InChI is InChI=1S/C13H8Cl2FNO3/c14-9-2-1-8(11(15)5-9)7-20-10-3-4-13(17(18)19)12(16)6-10/h1-6H,7H2. The Morgan fingerprint density at radius 3 is 2.55 bits per heavy atom. The van der Waals surface area contributed by atoms with Gasteiger partial charge in [0.25, 0.3) is 0 Å². The van der Waals surface area contributed by atoms with Gasteiger partial charge in [0.2, 0.25) is 5.82 Å². The minimum atomic E-state index is -0.949. The fourth-order valence-electron chi connectivity index (χ4n) is 1.53. The molecule has 0 aromatic heterocycles. The number of ether oxygens (including phenoxy) is 1. The van der Waals surface area contributed by atoms with Gasteiger partial charge in [-0.3, -0.25) is 10.1 Å². The van der Waals surface area contributed by atoms with Crippen molar-refractivity contribution in [1.82, 2.24) is 0 Å². The summed E-state index contributed by atoms with van der Waals surface area (Å²) in [4.78, 5) is 9.69. The highest BCUT2D eigenvalue weighted by Crippen LogP contribution is 2.25. The molecule has 0 atom stereocenters. The summed E-state index contributed by atoms with van der Waals surface area (Å²) < 4.78 is 18.7. The average molecular weight is 316 g/mol. The van der Waals surface area contributed by atoms with Crippen molar-refractivity contribution in [1.29, 1.82) is 0 Å². The molecule has 104 valence electrons. The van der Waals surface area contributed by atoms with E-state index < -0.39 is 16.4 Å². The van der Waals surface area contributed by atoms with E-state index in [0.29, 0.717) is 15.6 Å². The molecule has 0 unspecified atom stereocenters. The number of nitro groups is 1. The van der Waals surface area contributed by atoms with Gasteiger partial charge in [0.15, 0.2) is 0 Å². The molecular weight excluding hydrogens is 308 g/mol. The molecule has 0 saturated carbocycles. The van der Waals surface area contributed by atoms with Crippen molar-refractivity contribution in [2.45, 2.75) is 6.61 Å². The van der Waals surface area contributed by atoms with Gasteiger partial charge in [-0.2, -0.15) is 4.39 Å². The van der Waals surface area contributed by atoms with E-state index in [2.05, 4.69) is 0 Å². The van der Waals surface area contributed by atoms with Crippen LogP contribution in [0.1, 0.15) is 5.56 Å². The summed E-state index contributed by atoms with van der Waals surface area (Å²) in [6, 6.07) is 8.24. The predicted octanol–water partition coefficient (Wildman–Crippen LogP) is 4.62. The van der Waals surface area contributed by atoms with Crippen LogP contribution in [0.25, 0.3) is 0 Å². The van der Waals surface area contributed by atoms with Crippen LogP contribution >= 0.6 is 23.2 Å². The maximum atomic E-state index is 13.4. The van der Waals surface area contributed by atoms with Gasteiger partial charge in [-0.1, -0.05) is 29.3 Å². The average Bonchev–Trinajstić information content (AvgIpc) is 2.37. The summed E-state index contributed by atoms with van der Waals surface area (Å²) in [5.74, 6) is -0.770. The van der Waals surface area contributed by atoms with Gasteiger partial charge in [0.05, 0.1) is 4.92 Å². The van der Waals surface area contributed by atoms with Crippen LogP contribution in [0.4, 0.5) is 10.1 Å². The molecule has 0 radical (unpaired) electrons. The van der Waals surface area contributed by atoms with E-state index in [1.807, 2.05) is 0 Å². The quantitative estimate of drug-likeness (QED) is 0.611. The first-order chi connectivity index (χ1) is 9.47. The highest BCUT2D eigenvalue weighted by Gasteiger charge is 2.14. The zero-order valence-corrected chi connectivity index (χ0v) is 11.5. The maximum Gasteiger partial charge on any atom is 0.305 e. The molecule has 2 aromatic rings. The lowest BCUT2D eigenvalue weighted by Gasteiger charge is -2.08. The lowest BCUT2D eigenvalue weighted by atomic mass is 10.2. The summed E-state index contributed by atoms with van der Waals surface area (Å²) in [5.41, 5.74) is 0.0803. The van der Waals surface area contributed by atoms with Crippen molar-refractivity contribution in [2.75, 3.05) is 0 Å². The lowest BCUT2D eigenvalue weighted by Crippen LogP contribution is -1.98. The number of hydrogen-bond donors (Lipinski definition) is 0. The van der Waals surface area contributed by atoms with Crippen LogP contribution < -0.4 is 4.74 Å². The molecule has 0 aliphatic rings. The molecule has 0 aliphatic carbocycles. The van der Waals surface area contributed by atoms with Crippen LogP contribution in [0.2, 0.25) is 10.0 Å². The minimum Gasteiger partial charge on any atom is -0.489 e. The first kappa shape index (κ1) is 14.6. The highest BCUT2D eigenvalue weighted by molar-refractivity contribution is 6.35. The smallest absolute Gasteiger partial charge is 0.305 e. The van der Waals surface area contributed by atoms with Gasteiger partial charge < -0.3 is 4.74 Å². The molecule has 0 fully saturated rings. The molecule has 0 N–H and O–H groups in total. The fraction of sp³-hybridized carbons (Fsp3) is 0.0769. The Labute approximate surface area is 123 Å². The van der Waals surface area contributed by atoms with Crippen molar-refractivity contribution >= 4 is 28.9 Å². The van der Waals surface area contributed by atoms with E-state index in [-0.39, 0.29) is 12.4 Å². The van der Waals surface area contributed by atoms with Crippen LogP contribution in [-0.2, 0) is 6.61 Å². The van der Waals surface area contributed by atoms with Crippen LogP contribution in [0.5, 0.6) is 5.75 Å². The predicted molar refractivity (Wildman–Crippen MR) is 73.8 cm³/mol. The number of nitrogens with zero attached hydrogens (tertiary/aromatic N) is 1. The molecule has 0 bridgehead atoms. The zero-order valence-electron chi connectivity index (χ0n) is 9.98. The Balaban J connectivity index is 2.11. The molecule has 0 amide bonds. The van der Waals surface area contributed by atoms with Gasteiger partial charge in [-0.25, -0.2) is 0 Å². The van der Waals surface area contributed by atoms with E-state index in [0.717, 1.165) is 12.1 Å². The third kappa shape index (κ3) is 3.37. The van der Waals surface area contributed by atoms with Crippen LogP contribution in [0.3, 0.4) is 0 Å². The van der Waals surface area contributed by atoms with Crippen molar-refractivity contribution in [3.8, 4) is 5.75 Å². The first-order valence-corrected chi connectivity index (χ1v) is 6.23. The van der Waals surface area contributed by atoms with Crippen LogP contribution in [-0.4, -0.2) is 4.92 Å². The van der Waals surface area contributed by atoms with Gasteiger partial charge in [-0.05, 0) is 18.2 Å². The van der Waals surface area contributed by atoms with Crippen LogP contribution in [0, 0.1) is 15.9 Å². The second-order valence-corrected chi connectivity index (χ2v) is 4.74. The minimum absolute atomic E-state index is 0.104. The number of hydrogen-bond acceptors (Lipinski definition) is 3. The largest absolute Gasteiger partial charge is 0.489 e. The summed E-state index contributed by atoms with van der Waals surface area (Å²) >= 11 is 11.7. The Kier molecular flexibility index (Phi) is 4.42. The normalized spacial score (nSPS) is 10.3. The molecule has 0 saturated heterocycles. The van der Waals surface area contributed by atoms with E-state index in [1.54, 1.807) is 18.2 Å². The fourth-order valence-corrected chi connectivity index (χ4v) is 1.99. The van der Waals surface area contributed by atoms with Gasteiger partial charge >= 0.3 is 5.69 Å². The third-order valence-electron chi connectivity index (χ3n) is 2.53. The SMILES string of the molecule is O=[N+]([O-])c1ccc(OCc2ccc(Cl)cc2Cl)cc1F. The van der Waals surface area contributed by atoms with Gasteiger partial charge in [-0.15, -0.1) is 0 Å². The molecular formula is C13H8Cl2FNO3. The second kappa shape index (κ2) is 6.07. The second-order valence-electron chi connectivity index (χ2n) is 3.89. The molecule has 4 nitrogen and oxygen atoms in total. The zero-order chi connectivity index (χ0) is 14.7. The van der Waals surface area contributed by atoms with E-state index in [9.17, 15) is 14.5 Å². The van der Waals surface area contributed by atoms with Crippen LogP contribution in [0.15, 0.2) is 36.4 Å². The number of nitro benzene ring substituents is 1. The van der Waals surface area contributed by atoms with Crippen molar-refractivity contribution in [3.63, 3.8) is 0 Å². The lowest BCUT2D eigenvalue weighted by molar-refractivity contribution is -0.387. The molecule has 0 aliphatic heterocycles. The molecule has 0 heterocycles. The van der Waals surface area contributed by atoms with Crippen molar-refractivity contribution < 1.29 is 14.1 Å². The summed E-state index contributed by atoms with van der Waals surface area (Å²) in [6.45, 7) is 0.104. The van der Waals surface area contributed by atoms with Gasteiger partial charge in [0, 0.05) is 27.7 Å². The van der Waals surface area contributed by atoms with Gasteiger partial charge in [0.1, 0.15) is 12.4 Å². The van der Waals surface area contributed by atoms with E-state index in [4.69, 9.17) is 27.9 Å². The number of halogens is 3. The topological polar surface area (TPSA) is 52.4 Å². The number of benzene rings is 2. The highest BCUT2D eigenvalue weighted by atomic mass is 35.5. The number of rotatable bonds is 4. The van der Waals surface area contributed by atoms with E-state index >= 15 is 0 Å². The molecule has 0 spiro atoms. The molecule has 20 heavy (non-hydrogen) atoms. The Morgan fingerprint density at radius 2 is 1.95 bits per heavy atom. The van der Waals surface area contributed by atoms with Crippen molar-refractivity contribution in [2.24, 2.45) is 0 Å².